The molecule has 0 amide bonds. The largest absolute Gasteiger partial charge is 0.463 e. The van der Waals surface area contributed by atoms with Gasteiger partial charge in [0.1, 0.15) is 5.76 Å². The minimum absolute atomic E-state index is 0.0749. The molecule has 20 heavy (non-hydrogen) atoms. The molecule has 0 aromatic carbocycles. The van der Waals surface area contributed by atoms with E-state index in [9.17, 15) is 4.79 Å². The first kappa shape index (κ1) is 15.1. The molecule has 2 heterocycles. The van der Waals surface area contributed by atoms with Crippen molar-refractivity contribution in [3.05, 3.63) is 23.7 Å². The number of furan rings is 1. The molecule has 2 rings (SSSR count). The predicted octanol–water partition coefficient (Wildman–Crippen LogP) is 2.53. The van der Waals surface area contributed by atoms with Gasteiger partial charge in [-0.25, -0.2) is 4.79 Å². The summed E-state index contributed by atoms with van der Waals surface area (Å²) in [5, 5.41) is 3.50. The smallest absolute Gasteiger partial charge is 0.373 e. The van der Waals surface area contributed by atoms with E-state index < -0.39 is 5.97 Å². The van der Waals surface area contributed by atoms with Crippen molar-refractivity contribution in [1.82, 2.24) is 5.32 Å². The third-order valence-electron chi connectivity index (χ3n) is 3.80. The molecule has 3 atom stereocenters. The van der Waals surface area contributed by atoms with E-state index in [4.69, 9.17) is 9.15 Å². The van der Waals surface area contributed by atoms with Crippen LogP contribution in [0.3, 0.4) is 0 Å². The molecular formula is C15H23NO4. The molecule has 0 saturated carbocycles. The Labute approximate surface area is 119 Å². The summed E-state index contributed by atoms with van der Waals surface area (Å²) in [4.78, 5) is 11.5. The number of hydrogen-bond acceptors (Lipinski definition) is 5. The topological polar surface area (TPSA) is 60.7 Å². The molecule has 0 bridgehead atoms. The molecule has 1 N–H and O–H groups in total. The maximum absolute atomic E-state index is 11.5. The van der Waals surface area contributed by atoms with E-state index in [1.54, 1.807) is 6.07 Å². The van der Waals surface area contributed by atoms with Crippen molar-refractivity contribution in [3.63, 3.8) is 0 Å². The third-order valence-corrected chi connectivity index (χ3v) is 3.80. The SMILES string of the molecule is CCCNC(c1ccc(C(=O)OC)o1)C1CCOC1C. The van der Waals surface area contributed by atoms with E-state index in [1.165, 1.54) is 7.11 Å². The predicted molar refractivity (Wildman–Crippen MR) is 74.6 cm³/mol. The Morgan fingerprint density at radius 1 is 1.55 bits per heavy atom. The minimum atomic E-state index is -0.443. The Morgan fingerprint density at radius 3 is 2.95 bits per heavy atom. The molecule has 1 aromatic heterocycles. The molecule has 1 aliphatic heterocycles. The number of carbonyl (C=O) groups excluding carboxylic acids is 1. The zero-order valence-electron chi connectivity index (χ0n) is 12.3. The number of nitrogens with one attached hydrogen (secondary N) is 1. The summed E-state index contributed by atoms with van der Waals surface area (Å²) in [6.45, 7) is 5.89. The van der Waals surface area contributed by atoms with Crippen molar-refractivity contribution < 1.29 is 18.7 Å². The van der Waals surface area contributed by atoms with Crippen molar-refractivity contribution in [3.8, 4) is 0 Å². The van der Waals surface area contributed by atoms with Crippen LogP contribution in [0.15, 0.2) is 16.5 Å². The molecule has 112 valence electrons. The van der Waals surface area contributed by atoms with Gasteiger partial charge in [0.2, 0.25) is 5.76 Å². The van der Waals surface area contributed by atoms with Gasteiger partial charge in [0, 0.05) is 12.5 Å². The van der Waals surface area contributed by atoms with Gasteiger partial charge in [-0.1, -0.05) is 6.92 Å². The second-order valence-electron chi connectivity index (χ2n) is 5.15. The van der Waals surface area contributed by atoms with Gasteiger partial charge >= 0.3 is 5.97 Å². The average Bonchev–Trinajstić information content (AvgIpc) is 3.09. The van der Waals surface area contributed by atoms with Gasteiger partial charge in [0.05, 0.1) is 19.3 Å². The van der Waals surface area contributed by atoms with Crippen LogP contribution in [0.2, 0.25) is 0 Å². The number of ether oxygens (including phenoxy) is 2. The van der Waals surface area contributed by atoms with Gasteiger partial charge in [-0.3, -0.25) is 0 Å². The van der Waals surface area contributed by atoms with Crippen LogP contribution in [0.25, 0.3) is 0 Å². The minimum Gasteiger partial charge on any atom is -0.463 e. The van der Waals surface area contributed by atoms with Crippen LogP contribution in [0.5, 0.6) is 0 Å². The van der Waals surface area contributed by atoms with Crippen LogP contribution >= 0.6 is 0 Å². The summed E-state index contributed by atoms with van der Waals surface area (Å²) < 4.78 is 16.0. The van der Waals surface area contributed by atoms with E-state index in [2.05, 4.69) is 23.9 Å². The van der Waals surface area contributed by atoms with Crippen LogP contribution in [0.1, 0.15) is 49.0 Å². The lowest BCUT2D eigenvalue weighted by Crippen LogP contribution is -2.32. The van der Waals surface area contributed by atoms with Gasteiger partial charge < -0.3 is 19.2 Å². The highest BCUT2D eigenvalue weighted by Gasteiger charge is 2.34. The number of carbonyl (C=O) groups is 1. The Morgan fingerprint density at radius 2 is 2.35 bits per heavy atom. The maximum Gasteiger partial charge on any atom is 0.373 e. The molecule has 1 fully saturated rings. The first-order valence-electron chi connectivity index (χ1n) is 7.20. The van der Waals surface area contributed by atoms with Crippen LogP contribution in [-0.4, -0.2) is 32.3 Å². The molecule has 1 aliphatic rings. The molecule has 0 spiro atoms. The summed E-state index contributed by atoms with van der Waals surface area (Å²) in [7, 11) is 1.35. The lowest BCUT2D eigenvalue weighted by molar-refractivity contribution is 0.0558. The van der Waals surface area contributed by atoms with Crippen LogP contribution < -0.4 is 5.32 Å². The fraction of sp³-hybridized carbons (Fsp3) is 0.667. The Hall–Kier alpha value is -1.33. The van der Waals surface area contributed by atoms with Crippen molar-refractivity contribution in [2.45, 2.75) is 38.8 Å². The zero-order chi connectivity index (χ0) is 14.5. The summed E-state index contributed by atoms with van der Waals surface area (Å²) in [6, 6.07) is 3.60. The van der Waals surface area contributed by atoms with Gasteiger partial charge in [-0.2, -0.15) is 0 Å². The lowest BCUT2D eigenvalue weighted by Gasteiger charge is -2.25. The number of esters is 1. The summed E-state index contributed by atoms with van der Waals surface area (Å²) in [6.07, 6.45) is 2.23. The molecule has 0 radical (unpaired) electrons. The highest BCUT2D eigenvalue weighted by Crippen LogP contribution is 2.34. The van der Waals surface area contributed by atoms with Gasteiger partial charge in [0.25, 0.3) is 0 Å². The van der Waals surface area contributed by atoms with Crippen LogP contribution in [-0.2, 0) is 9.47 Å². The summed E-state index contributed by atoms with van der Waals surface area (Å²) in [5.41, 5.74) is 0. The number of rotatable bonds is 6. The van der Waals surface area contributed by atoms with Crippen molar-refractivity contribution >= 4 is 5.97 Å². The van der Waals surface area contributed by atoms with E-state index in [0.29, 0.717) is 5.92 Å². The van der Waals surface area contributed by atoms with E-state index in [-0.39, 0.29) is 17.9 Å². The lowest BCUT2D eigenvalue weighted by atomic mass is 9.91. The Balaban J connectivity index is 2.17. The molecule has 1 aromatic rings. The molecule has 3 unspecified atom stereocenters. The van der Waals surface area contributed by atoms with Crippen molar-refractivity contribution in [1.29, 1.82) is 0 Å². The average molecular weight is 281 g/mol. The van der Waals surface area contributed by atoms with E-state index in [1.807, 2.05) is 6.07 Å². The third kappa shape index (κ3) is 3.22. The zero-order valence-corrected chi connectivity index (χ0v) is 12.3. The molecule has 5 heteroatoms. The first-order valence-corrected chi connectivity index (χ1v) is 7.20. The van der Waals surface area contributed by atoms with E-state index in [0.717, 1.165) is 31.8 Å². The second kappa shape index (κ2) is 6.90. The Bertz CT molecular complexity index is 443. The maximum atomic E-state index is 11.5. The monoisotopic (exact) mass is 281 g/mol. The highest BCUT2D eigenvalue weighted by molar-refractivity contribution is 5.86. The fourth-order valence-corrected chi connectivity index (χ4v) is 2.68. The molecular weight excluding hydrogens is 258 g/mol. The molecule has 5 nitrogen and oxygen atoms in total. The van der Waals surface area contributed by atoms with E-state index >= 15 is 0 Å². The van der Waals surface area contributed by atoms with Crippen LogP contribution in [0, 0.1) is 5.92 Å². The fourth-order valence-electron chi connectivity index (χ4n) is 2.68. The second-order valence-corrected chi connectivity index (χ2v) is 5.15. The molecule has 1 saturated heterocycles. The van der Waals surface area contributed by atoms with Crippen LogP contribution in [0.4, 0.5) is 0 Å². The quantitative estimate of drug-likeness (QED) is 0.812. The molecule has 0 aliphatic carbocycles. The normalized spacial score (nSPS) is 23.8. The number of methoxy groups -OCH3 is 1. The van der Waals surface area contributed by atoms with Crippen molar-refractivity contribution in [2.24, 2.45) is 5.92 Å². The van der Waals surface area contributed by atoms with Gasteiger partial charge in [-0.05, 0) is 38.4 Å². The first-order chi connectivity index (χ1) is 9.67. The van der Waals surface area contributed by atoms with Gasteiger partial charge in [0.15, 0.2) is 0 Å². The highest BCUT2D eigenvalue weighted by atomic mass is 16.5. The number of hydrogen-bond donors (Lipinski definition) is 1. The Kier molecular flexibility index (Phi) is 5.20. The standard InChI is InChI=1S/C15H23NO4/c1-4-8-16-14(11-7-9-19-10(11)2)12-5-6-13(20-12)15(17)18-3/h5-6,10-11,14,16H,4,7-9H2,1-3H3. The summed E-state index contributed by atoms with van der Waals surface area (Å²) in [5.74, 6) is 0.943. The van der Waals surface area contributed by atoms with Crippen molar-refractivity contribution in [2.75, 3.05) is 20.3 Å². The van der Waals surface area contributed by atoms with Gasteiger partial charge in [-0.15, -0.1) is 0 Å². The summed E-state index contributed by atoms with van der Waals surface area (Å²) >= 11 is 0.